The molecule has 0 aromatic heterocycles. The molecule has 1 saturated heterocycles. The third-order valence-electron chi connectivity index (χ3n) is 2.79. The van der Waals surface area contributed by atoms with Gasteiger partial charge in [0, 0.05) is 13.2 Å². The van der Waals surface area contributed by atoms with E-state index in [9.17, 15) is 4.79 Å². The number of carbonyl (C=O) groups is 1. The number of unbranched alkanes of at least 4 members (excludes halogenated alkanes) is 1. The SMILES string of the molecule is NC(=O)C1CCCN(CCCCO)C1. The molecule has 0 spiro atoms. The van der Waals surface area contributed by atoms with E-state index >= 15 is 0 Å². The van der Waals surface area contributed by atoms with Gasteiger partial charge in [0.15, 0.2) is 0 Å². The fourth-order valence-electron chi connectivity index (χ4n) is 1.94. The van der Waals surface area contributed by atoms with Crippen LogP contribution >= 0.6 is 0 Å². The van der Waals surface area contributed by atoms with Crippen LogP contribution in [0.25, 0.3) is 0 Å². The number of nitrogens with two attached hydrogens (primary N) is 1. The van der Waals surface area contributed by atoms with Crippen LogP contribution in [0.15, 0.2) is 0 Å². The number of rotatable bonds is 5. The molecule has 1 amide bonds. The van der Waals surface area contributed by atoms with Gasteiger partial charge in [0.05, 0.1) is 5.92 Å². The Labute approximate surface area is 85.1 Å². The third kappa shape index (κ3) is 3.64. The summed E-state index contributed by atoms with van der Waals surface area (Å²) in [7, 11) is 0. The Morgan fingerprint density at radius 1 is 1.50 bits per heavy atom. The molecule has 0 radical (unpaired) electrons. The van der Waals surface area contributed by atoms with Crippen LogP contribution in [0.4, 0.5) is 0 Å². The topological polar surface area (TPSA) is 66.6 Å². The number of piperidine rings is 1. The highest BCUT2D eigenvalue weighted by Crippen LogP contribution is 2.16. The highest BCUT2D eigenvalue weighted by molar-refractivity contribution is 5.76. The molecule has 0 aromatic carbocycles. The number of amides is 1. The molecule has 1 fully saturated rings. The number of hydrogen-bond donors (Lipinski definition) is 2. The Bertz CT molecular complexity index is 185. The van der Waals surface area contributed by atoms with E-state index in [1.54, 1.807) is 0 Å². The third-order valence-corrected chi connectivity index (χ3v) is 2.79. The van der Waals surface area contributed by atoms with Crippen molar-refractivity contribution < 1.29 is 9.90 Å². The van der Waals surface area contributed by atoms with Gasteiger partial charge in [0.1, 0.15) is 0 Å². The molecule has 0 aliphatic carbocycles. The number of hydrogen-bond acceptors (Lipinski definition) is 3. The van der Waals surface area contributed by atoms with E-state index in [1.807, 2.05) is 0 Å². The van der Waals surface area contributed by atoms with Gasteiger partial charge in [0.25, 0.3) is 0 Å². The van der Waals surface area contributed by atoms with E-state index < -0.39 is 0 Å². The number of likely N-dealkylation sites (tertiary alicyclic amines) is 1. The predicted octanol–water partition coefficient (Wildman–Crippen LogP) is -0.0438. The van der Waals surface area contributed by atoms with Gasteiger partial charge in [-0.2, -0.15) is 0 Å². The van der Waals surface area contributed by atoms with Crippen molar-refractivity contribution >= 4 is 5.91 Å². The summed E-state index contributed by atoms with van der Waals surface area (Å²) in [5.41, 5.74) is 5.28. The highest BCUT2D eigenvalue weighted by Gasteiger charge is 2.23. The Morgan fingerprint density at radius 2 is 2.29 bits per heavy atom. The molecule has 14 heavy (non-hydrogen) atoms. The zero-order chi connectivity index (χ0) is 10.4. The summed E-state index contributed by atoms with van der Waals surface area (Å²) in [6.07, 6.45) is 3.85. The molecule has 1 aliphatic heterocycles. The van der Waals surface area contributed by atoms with Crippen LogP contribution in [-0.4, -0.2) is 42.2 Å². The summed E-state index contributed by atoms with van der Waals surface area (Å²) in [5, 5.41) is 8.64. The molecular weight excluding hydrogens is 180 g/mol. The zero-order valence-electron chi connectivity index (χ0n) is 8.61. The first-order valence-electron chi connectivity index (χ1n) is 5.36. The Morgan fingerprint density at radius 3 is 2.93 bits per heavy atom. The van der Waals surface area contributed by atoms with Crippen molar-refractivity contribution in [3.8, 4) is 0 Å². The molecule has 1 heterocycles. The summed E-state index contributed by atoms with van der Waals surface area (Å²) in [6.45, 7) is 3.10. The zero-order valence-corrected chi connectivity index (χ0v) is 8.61. The minimum atomic E-state index is -0.170. The summed E-state index contributed by atoms with van der Waals surface area (Å²) in [5.74, 6) is -0.130. The van der Waals surface area contributed by atoms with Gasteiger partial charge in [-0.25, -0.2) is 0 Å². The molecule has 4 nitrogen and oxygen atoms in total. The second-order valence-corrected chi connectivity index (χ2v) is 3.97. The monoisotopic (exact) mass is 200 g/mol. The molecule has 4 heteroatoms. The van der Waals surface area contributed by atoms with Crippen LogP contribution in [0.3, 0.4) is 0 Å². The van der Waals surface area contributed by atoms with E-state index in [2.05, 4.69) is 4.90 Å². The lowest BCUT2D eigenvalue weighted by Gasteiger charge is -2.30. The Kier molecular flexibility index (Phi) is 4.90. The van der Waals surface area contributed by atoms with Gasteiger partial charge in [-0.05, 0) is 38.8 Å². The smallest absolute Gasteiger partial charge is 0.221 e. The lowest BCUT2D eigenvalue weighted by molar-refractivity contribution is -0.123. The van der Waals surface area contributed by atoms with Crippen molar-refractivity contribution in [3.63, 3.8) is 0 Å². The van der Waals surface area contributed by atoms with E-state index in [0.29, 0.717) is 0 Å². The predicted molar refractivity (Wildman–Crippen MR) is 54.7 cm³/mol. The van der Waals surface area contributed by atoms with Crippen LogP contribution in [0.2, 0.25) is 0 Å². The fourth-order valence-corrected chi connectivity index (χ4v) is 1.94. The first kappa shape index (κ1) is 11.5. The first-order valence-corrected chi connectivity index (χ1v) is 5.36. The van der Waals surface area contributed by atoms with Crippen LogP contribution in [-0.2, 0) is 4.79 Å². The normalized spacial score (nSPS) is 23.6. The summed E-state index contributed by atoms with van der Waals surface area (Å²) >= 11 is 0. The van der Waals surface area contributed by atoms with Gasteiger partial charge in [-0.3, -0.25) is 4.79 Å². The lowest BCUT2D eigenvalue weighted by atomic mass is 9.97. The Hall–Kier alpha value is -0.610. The van der Waals surface area contributed by atoms with Crippen LogP contribution in [0.5, 0.6) is 0 Å². The maximum atomic E-state index is 11.0. The molecule has 1 rings (SSSR count). The molecule has 0 bridgehead atoms. The van der Waals surface area contributed by atoms with Gasteiger partial charge in [0.2, 0.25) is 5.91 Å². The van der Waals surface area contributed by atoms with Gasteiger partial charge >= 0.3 is 0 Å². The van der Waals surface area contributed by atoms with Crippen LogP contribution in [0.1, 0.15) is 25.7 Å². The second kappa shape index (κ2) is 5.98. The molecule has 1 atom stereocenters. The minimum Gasteiger partial charge on any atom is -0.396 e. The average Bonchev–Trinajstić information content (AvgIpc) is 2.19. The maximum absolute atomic E-state index is 11.0. The van der Waals surface area contributed by atoms with Crippen molar-refractivity contribution in [1.82, 2.24) is 4.90 Å². The summed E-state index contributed by atoms with van der Waals surface area (Å²) in [6, 6.07) is 0. The van der Waals surface area contributed by atoms with Gasteiger partial charge < -0.3 is 15.7 Å². The van der Waals surface area contributed by atoms with Crippen LogP contribution < -0.4 is 5.73 Å². The first-order chi connectivity index (χ1) is 6.74. The largest absolute Gasteiger partial charge is 0.396 e. The van der Waals surface area contributed by atoms with E-state index in [1.165, 1.54) is 0 Å². The second-order valence-electron chi connectivity index (χ2n) is 3.97. The van der Waals surface area contributed by atoms with E-state index in [4.69, 9.17) is 10.8 Å². The molecule has 0 saturated carbocycles. The van der Waals surface area contributed by atoms with Gasteiger partial charge in [-0.15, -0.1) is 0 Å². The van der Waals surface area contributed by atoms with Crippen molar-refractivity contribution in [3.05, 3.63) is 0 Å². The summed E-state index contributed by atoms with van der Waals surface area (Å²) < 4.78 is 0. The number of aliphatic hydroxyl groups excluding tert-OH is 1. The molecule has 1 unspecified atom stereocenters. The minimum absolute atomic E-state index is 0.0397. The standard InChI is InChI=1S/C10H20N2O2/c11-10(14)9-4-3-6-12(8-9)5-1-2-7-13/h9,13H,1-8H2,(H2,11,14). The molecule has 3 N–H and O–H groups in total. The Balaban J connectivity index is 2.22. The van der Waals surface area contributed by atoms with E-state index in [-0.39, 0.29) is 18.4 Å². The van der Waals surface area contributed by atoms with Crippen molar-refractivity contribution in [1.29, 1.82) is 0 Å². The molecule has 82 valence electrons. The van der Waals surface area contributed by atoms with Crippen LogP contribution in [0, 0.1) is 5.92 Å². The number of nitrogens with zero attached hydrogens (tertiary/aromatic N) is 1. The average molecular weight is 200 g/mol. The number of primary amides is 1. The molecule has 1 aliphatic rings. The van der Waals surface area contributed by atoms with Crippen molar-refractivity contribution in [2.75, 3.05) is 26.2 Å². The van der Waals surface area contributed by atoms with Crippen molar-refractivity contribution in [2.24, 2.45) is 11.7 Å². The lowest BCUT2D eigenvalue weighted by Crippen LogP contribution is -2.41. The number of carbonyl (C=O) groups excluding carboxylic acids is 1. The molecule has 0 aromatic rings. The quantitative estimate of drug-likeness (QED) is 0.612. The highest BCUT2D eigenvalue weighted by atomic mass is 16.2. The maximum Gasteiger partial charge on any atom is 0.221 e. The van der Waals surface area contributed by atoms with Crippen molar-refractivity contribution in [2.45, 2.75) is 25.7 Å². The van der Waals surface area contributed by atoms with Gasteiger partial charge in [-0.1, -0.05) is 0 Å². The molecular formula is C10H20N2O2. The van der Waals surface area contributed by atoms with E-state index in [0.717, 1.165) is 45.3 Å². The number of aliphatic hydroxyl groups is 1. The fraction of sp³-hybridized carbons (Fsp3) is 0.900. The summed E-state index contributed by atoms with van der Waals surface area (Å²) in [4.78, 5) is 13.3.